The topological polar surface area (TPSA) is 113 Å². The number of nitro benzene ring substituents is 1. The number of carbonyl (C=O) groups excluding carboxylic acids is 1. The molecule has 0 saturated heterocycles. The molecule has 0 saturated carbocycles. The third-order valence-corrected chi connectivity index (χ3v) is 3.09. The molecule has 0 aliphatic heterocycles. The maximum Gasteiger partial charge on any atom is 0.293 e. The highest BCUT2D eigenvalue weighted by Gasteiger charge is 2.17. The first-order valence-corrected chi connectivity index (χ1v) is 6.26. The summed E-state index contributed by atoms with van der Waals surface area (Å²) in [5.74, 6) is -0.365. The van der Waals surface area contributed by atoms with Gasteiger partial charge in [0.2, 0.25) is 0 Å². The van der Waals surface area contributed by atoms with Crippen molar-refractivity contribution < 1.29 is 9.72 Å². The number of nitrogens with zero attached hydrogens (tertiary/aromatic N) is 2. The molecule has 0 radical (unpaired) electrons. The van der Waals surface area contributed by atoms with Crippen molar-refractivity contribution in [3.05, 3.63) is 51.3 Å². The normalized spacial score (nSPS) is 10.2. The number of rotatable bonds is 5. The number of nitrogens with one attached hydrogen (secondary N) is 3. The van der Waals surface area contributed by atoms with Crippen molar-refractivity contribution in [3.8, 4) is 0 Å². The molecule has 0 unspecified atom stereocenters. The van der Waals surface area contributed by atoms with Gasteiger partial charge in [0.25, 0.3) is 11.6 Å². The number of anilines is 1. The van der Waals surface area contributed by atoms with Gasteiger partial charge in [-0.2, -0.15) is 5.10 Å². The Hall–Kier alpha value is -2.90. The molecule has 1 aromatic carbocycles. The zero-order valence-corrected chi connectivity index (χ0v) is 11.6. The molecule has 0 atom stereocenters. The summed E-state index contributed by atoms with van der Waals surface area (Å²) in [5, 5.41) is 23.2. The van der Waals surface area contributed by atoms with Crippen LogP contribution in [0, 0.1) is 17.0 Å². The van der Waals surface area contributed by atoms with E-state index in [1.165, 1.54) is 25.2 Å². The molecule has 8 heteroatoms. The fourth-order valence-corrected chi connectivity index (χ4v) is 1.86. The quantitative estimate of drug-likeness (QED) is 0.571. The molecule has 1 amide bonds. The second-order valence-electron chi connectivity index (χ2n) is 4.44. The van der Waals surface area contributed by atoms with Crippen LogP contribution in [0.3, 0.4) is 0 Å². The Morgan fingerprint density at radius 1 is 1.48 bits per heavy atom. The van der Waals surface area contributed by atoms with Gasteiger partial charge >= 0.3 is 0 Å². The van der Waals surface area contributed by atoms with E-state index in [-0.39, 0.29) is 17.2 Å². The van der Waals surface area contributed by atoms with E-state index in [9.17, 15) is 14.9 Å². The predicted octanol–water partition coefficient (Wildman–Crippen LogP) is 1.60. The molecule has 110 valence electrons. The number of hydrogen-bond donors (Lipinski definition) is 3. The number of aryl methyl sites for hydroxylation is 1. The smallest absolute Gasteiger partial charge is 0.293 e. The van der Waals surface area contributed by atoms with E-state index >= 15 is 0 Å². The van der Waals surface area contributed by atoms with Crippen LogP contribution >= 0.6 is 0 Å². The molecule has 0 spiro atoms. The van der Waals surface area contributed by atoms with E-state index < -0.39 is 4.92 Å². The Bertz CT molecular complexity index is 680. The van der Waals surface area contributed by atoms with Crippen molar-refractivity contribution in [1.29, 1.82) is 0 Å². The van der Waals surface area contributed by atoms with Crippen molar-refractivity contribution in [2.24, 2.45) is 0 Å². The Balaban J connectivity index is 2.24. The van der Waals surface area contributed by atoms with E-state index in [2.05, 4.69) is 20.8 Å². The van der Waals surface area contributed by atoms with Gasteiger partial charge in [-0.1, -0.05) is 0 Å². The van der Waals surface area contributed by atoms with Crippen LogP contribution in [0.4, 0.5) is 11.4 Å². The first-order valence-electron chi connectivity index (χ1n) is 6.26. The summed E-state index contributed by atoms with van der Waals surface area (Å²) in [6.45, 7) is 2.27. The lowest BCUT2D eigenvalue weighted by molar-refractivity contribution is -0.384. The highest BCUT2D eigenvalue weighted by Crippen LogP contribution is 2.26. The third kappa shape index (κ3) is 3.16. The molecular weight excluding hydrogens is 274 g/mol. The van der Waals surface area contributed by atoms with E-state index in [0.717, 1.165) is 11.3 Å². The summed E-state index contributed by atoms with van der Waals surface area (Å²) in [5.41, 5.74) is 2.27. The molecule has 2 rings (SSSR count). The third-order valence-electron chi connectivity index (χ3n) is 3.09. The van der Waals surface area contributed by atoms with Crippen molar-refractivity contribution in [3.63, 3.8) is 0 Å². The van der Waals surface area contributed by atoms with E-state index in [4.69, 9.17) is 0 Å². The molecule has 21 heavy (non-hydrogen) atoms. The number of nitro groups is 1. The second kappa shape index (κ2) is 6.04. The summed E-state index contributed by atoms with van der Waals surface area (Å²) in [6.07, 6.45) is 1.66. The lowest BCUT2D eigenvalue weighted by Crippen LogP contribution is -2.18. The molecule has 8 nitrogen and oxygen atoms in total. The largest absolute Gasteiger partial charge is 0.375 e. The maximum absolute atomic E-state index is 11.5. The monoisotopic (exact) mass is 289 g/mol. The predicted molar refractivity (Wildman–Crippen MR) is 77.1 cm³/mol. The highest BCUT2D eigenvalue weighted by molar-refractivity contribution is 5.95. The lowest BCUT2D eigenvalue weighted by atomic mass is 10.1. The number of hydrogen-bond acceptors (Lipinski definition) is 5. The van der Waals surface area contributed by atoms with Gasteiger partial charge in [-0.15, -0.1) is 0 Å². The van der Waals surface area contributed by atoms with Crippen LogP contribution in [-0.4, -0.2) is 28.1 Å². The fourth-order valence-electron chi connectivity index (χ4n) is 1.86. The number of carbonyl (C=O) groups is 1. The van der Waals surface area contributed by atoms with Crippen LogP contribution in [0.1, 0.15) is 21.6 Å². The van der Waals surface area contributed by atoms with Gasteiger partial charge in [0.1, 0.15) is 5.69 Å². The second-order valence-corrected chi connectivity index (χ2v) is 4.44. The number of amides is 1. The minimum atomic E-state index is -0.517. The minimum Gasteiger partial charge on any atom is -0.375 e. The van der Waals surface area contributed by atoms with Crippen LogP contribution in [0.25, 0.3) is 0 Å². The lowest BCUT2D eigenvalue weighted by Gasteiger charge is -2.08. The van der Waals surface area contributed by atoms with E-state index in [1.807, 2.05) is 6.92 Å². The highest BCUT2D eigenvalue weighted by atomic mass is 16.6. The van der Waals surface area contributed by atoms with Crippen molar-refractivity contribution in [1.82, 2.24) is 15.5 Å². The fraction of sp³-hybridized carbons (Fsp3) is 0.231. The molecule has 0 bridgehead atoms. The van der Waals surface area contributed by atoms with Gasteiger partial charge < -0.3 is 10.6 Å². The van der Waals surface area contributed by atoms with Gasteiger partial charge in [0.15, 0.2) is 0 Å². The summed E-state index contributed by atoms with van der Waals surface area (Å²) in [6, 6.07) is 4.32. The SMILES string of the molecule is CNC(=O)c1ccc(NCc2cn[nH]c2C)c([N+](=O)[O-])c1. The Kier molecular flexibility index (Phi) is 4.17. The zero-order valence-electron chi connectivity index (χ0n) is 11.6. The molecule has 0 aliphatic carbocycles. The molecule has 1 aromatic heterocycles. The first kappa shape index (κ1) is 14.5. The molecular formula is C13H15N5O3. The van der Waals surface area contributed by atoms with Crippen LogP contribution in [0.5, 0.6) is 0 Å². The number of aromatic amines is 1. The van der Waals surface area contributed by atoms with Gasteiger partial charge in [-0.25, -0.2) is 0 Å². The van der Waals surface area contributed by atoms with Gasteiger partial charge in [0.05, 0.1) is 11.1 Å². The van der Waals surface area contributed by atoms with Crippen LogP contribution < -0.4 is 10.6 Å². The van der Waals surface area contributed by atoms with Crippen molar-refractivity contribution >= 4 is 17.3 Å². The summed E-state index contributed by atoms with van der Waals surface area (Å²) in [7, 11) is 1.47. The number of aromatic nitrogens is 2. The van der Waals surface area contributed by atoms with Crippen LogP contribution in [0.2, 0.25) is 0 Å². The van der Waals surface area contributed by atoms with Gasteiger partial charge in [-0.05, 0) is 19.1 Å². The van der Waals surface area contributed by atoms with Crippen molar-refractivity contribution in [2.75, 3.05) is 12.4 Å². The number of benzene rings is 1. The first-order chi connectivity index (χ1) is 10.0. The Morgan fingerprint density at radius 3 is 2.81 bits per heavy atom. The van der Waals surface area contributed by atoms with Crippen molar-refractivity contribution in [2.45, 2.75) is 13.5 Å². The van der Waals surface area contributed by atoms with E-state index in [0.29, 0.717) is 12.2 Å². The molecule has 1 heterocycles. The molecule has 0 aliphatic rings. The summed E-state index contributed by atoms with van der Waals surface area (Å²) in [4.78, 5) is 22.1. The Labute approximate surface area is 120 Å². The van der Waals surface area contributed by atoms with E-state index in [1.54, 1.807) is 6.20 Å². The minimum absolute atomic E-state index is 0.141. The zero-order chi connectivity index (χ0) is 15.4. The Morgan fingerprint density at radius 2 is 2.24 bits per heavy atom. The molecule has 2 aromatic rings. The van der Waals surface area contributed by atoms with Gasteiger partial charge in [0, 0.05) is 36.5 Å². The van der Waals surface area contributed by atoms with Crippen LogP contribution in [0.15, 0.2) is 24.4 Å². The maximum atomic E-state index is 11.5. The summed E-state index contributed by atoms with van der Waals surface area (Å²) >= 11 is 0. The van der Waals surface area contributed by atoms with Gasteiger partial charge in [-0.3, -0.25) is 20.0 Å². The average Bonchev–Trinajstić information content (AvgIpc) is 2.89. The summed E-state index contributed by atoms with van der Waals surface area (Å²) < 4.78 is 0. The average molecular weight is 289 g/mol. The standard InChI is InChI=1S/C13H15N5O3/c1-8-10(7-16-17-8)6-15-11-4-3-9(13(19)14-2)5-12(11)18(20)21/h3-5,7,15H,6H2,1-2H3,(H,14,19)(H,16,17). The van der Waals surface area contributed by atoms with Crippen LogP contribution in [-0.2, 0) is 6.54 Å². The number of H-pyrrole nitrogens is 1. The molecule has 3 N–H and O–H groups in total. The molecule has 0 fully saturated rings.